The van der Waals surface area contributed by atoms with E-state index in [1.54, 1.807) is 25.7 Å². The van der Waals surface area contributed by atoms with Crippen molar-refractivity contribution in [1.82, 2.24) is 0 Å². The van der Waals surface area contributed by atoms with E-state index in [-0.39, 0.29) is 0 Å². The van der Waals surface area contributed by atoms with E-state index in [4.69, 9.17) is 0 Å². The third kappa shape index (κ3) is 7.71. The molecule has 0 amide bonds. The van der Waals surface area contributed by atoms with E-state index in [1.807, 2.05) is 0 Å². The van der Waals surface area contributed by atoms with Gasteiger partial charge in [-0.05, 0) is 11.8 Å². The maximum atomic E-state index is 1.56. The van der Waals surface area contributed by atoms with Crippen LogP contribution < -0.4 is 0 Å². The van der Waals surface area contributed by atoms with E-state index in [2.05, 4.69) is 0 Å². The summed E-state index contributed by atoms with van der Waals surface area (Å²) in [6.45, 7) is 0. The second kappa shape index (κ2) is 11.6. The molecule has 0 atom stereocenters. The lowest BCUT2D eigenvalue weighted by Crippen LogP contribution is -2.16. The molecule has 0 N–H and O–H groups in total. The second-order valence-electron chi connectivity index (χ2n) is 7.98. The van der Waals surface area contributed by atoms with Crippen LogP contribution in [0.25, 0.3) is 0 Å². The van der Waals surface area contributed by atoms with Gasteiger partial charge >= 0.3 is 0 Å². The van der Waals surface area contributed by atoms with Gasteiger partial charge in [-0.1, -0.05) is 122 Å². The monoisotopic (exact) mass is 292 g/mol. The first-order valence-corrected chi connectivity index (χ1v) is 10.5. The van der Waals surface area contributed by atoms with Gasteiger partial charge < -0.3 is 0 Å². The van der Waals surface area contributed by atoms with Gasteiger partial charge in [-0.15, -0.1) is 0 Å². The average Bonchev–Trinajstić information content (AvgIpc) is 2.58. The standard InChI is InChI=1S/C21H40/c1-2-5-9-13-17-20(16-12-8-4-1)21-18-14-10-6-3-7-11-15-19-21/h20-21H,1-19H2. The van der Waals surface area contributed by atoms with Gasteiger partial charge in [0, 0.05) is 0 Å². The van der Waals surface area contributed by atoms with Crippen LogP contribution in [0.5, 0.6) is 0 Å². The number of rotatable bonds is 1. The highest BCUT2D eigenvalue weighted by atomic mass is 14.3. The van der Waals surface area contributed by atoms with Crippen molar-refractivity contribution in [3.05, 3.63) is 0 Å². The molecular weight excluding hydrogens is 252 g/mol. The molecule has 0 aromatic heterocycles. The lowest BCUT2D eigenvalue weighted by Gasteiger charge is -2.28. The van der Waals surface area contributed by atoms with Crippen LogP contribution in [0.3, 0.4) is 0 Å². The van der Waals surface area contributed by atoms with Crippen molar-refractivity contribution in [3.8, 4) is 0 Å². The van der Waals surface area contributed by atoms with Crippen molar-refractivity contribution in [1.29, 1.82) is 0 Å². The van der Waals surface area contributed by atoms with Crippen LogP contribution in [-0.2, 0) is 0 Å². The van der Waals surface area contributed by atoms with Gasteiger partial charge in [0.05, 0.1) is 0 Å². The van der Waals surface area contributed by atoms with Crippen LogP contribution in [0, 0.1) is 11.8 Å². The first kappa shape index (κ1) is 17.4. The fourth-order valence-electron chi connectivity index (χ4n) is 4.80. The zero-order chi connectivity index (χ0) is 14.6. The van der Waals surface area contributed by atoms with E-state index in [9.17, 15) is 0 Å². The summed E-state index contributed by atoms with van der Waals surface area (Å²) in [4.78, 5) is 0. The molecule has 0 spiro atoms. The molecule has 0 nitrogen and oxygen atoms in total. The third-order valence-corrected chi connectivity index (χ3v) is 6.22. The predicted molar refractivity (Wildman–Crippen MR) is 94.7 cm³/mol. The molecule has 2 aliphatic carbocycles. The van der Waals surface area contributed by atoms with E-state index >= 15 is 0 Å². The van der Waals surface area contributed by atoms with Crippen molar-refractivity contribution in [2.45, 2.75) is 122 Å². The maximum absolute atomic E-state index is 1.56. The molecule has 0 heteroatoms. The lowest BCUT2D eigenvalue weighted by molar-refractivity contribution is 0.235. The van der Waals surface area contributed by atoms with E-state index in [1.165, 1.54) is 96.3 Å². The van der Waals surface area contributed by atoms with Crippen LogP contribution >= 0.6 is 0 Å². The summed E-state index contributed by atoms with van der Waals surface area (Å²) in [6.07, 6.45) is 29.0. The summed E-state index contributed by atoms with van der Waals surface area (Å²) in [5, 5.41) is 0. The molecule has 0 saturated heterocycles. The summed E-state index contributed by atoms with van der Waals surface area (Å²) >= 11 is 0. The SMILES string of the molecule is C1CCCCCC(C2CCCCCCCCC2)CCCC1. The highest BCUT2D eigenvalue weighted by molar-refractivity contribution is 4.73. The van der Waals surface area contributed by atoms with Gasteiger partial charge in [-0.25, -0.2) is 0 Å². The van der Waals surface area contributed by atoms with Crippen molar-refractivity contribution in [2.75, 3.05) is 0 Å². The number of hydrogen-bond acceptors (Lipinski definition) is 0. The molecular formula is C21H40. The molecule has 21 heavy (non-hydrogen) atoms. The van der Waals surface area contributed by atoms with Gasteiger partial charge in [0.15, 0.2) is 0 Å². The second-order valence-corrected chi connectivity index (χ2v) is 7.98. The Balaban J connectivity index is 1.82. The molecule has 0 heterocycles. The van der Waals surface area contributed by atoms with Crippen molar-refractivity contribution in [2.24, 2.45) is 11.8 Å². The molecule has 0 aliphatic heterocycles. The Labute approximate surface area is 134 Å². The Morgan fingerprint density at radius 2 is 0.429 bits per heavy atom. The van der Waals surface area contributed by atoms with Gasteiger partial charge in [-0.2, -0.15) is 0 Å². The largest absolute Gasteiger partial charge is 0.0533 e. The Kier molecular flexibility index (Phi) is 9.55. The van der Waals surface area contributed by atoms with E-state index in [0.717, 1.165) is 11.8 Å². The minimum absolute atomic E-state index is 1.09. The Bertz CT molecular complexity index is 210. The summed E-state index contributed by atoms with van der Waals surface area (Å²) in [6, 6.07) is 0. The fourth-order valence-corrected chi connectivity index (χ4v) is 4.80. The highest BCUT2D eigenvalue weighted by Gasteiger charge is 2.21. The third-order valence-electron chi connectivity index (χ3n) is 6.22. The molecule has 0 aromatic rings. The fraction of sp³-hybridized carbons (Fsp3) is 1.00. The molecule has 2 aliphatic rings. The normalized spacial score (nSPS) is 26.9. The molecule has 124 valence electrons. The topological polar surface area (TPSA) is 0 Å². The van der Waals surface area contributed by atoms with Crippen LogP contribution in [-0.4, -0.2) is 0 Å². The number of hydrogen-bond donors (Lipinski definition) is 0. The summed E-state index contributed by atoms with van der Waals surface area (Å²) in [7, 11) is 0. The summed E-state index contributed by atoms with van der Waals surface area (Å²) < 4.78 is 0. The zero-order valence-electron chi connectivity index (χ0n) is 14.6. The van der Waals surface area contributed by atoms with Gasteiger partial charge in [0.25, 0.3) is 0 Å². The Hall–Kier alpha value is 0. The average molecular weight is 293 g/mol. The van der Waals surface area contributed by atoms with Gasteiger partial charge in [-0.3, -0.25) is 0 Å². The van der Waals surface area contributed by atoms with Crippen molar-refractivity contribution in [3.63, 3.8) is 0 Å². The first-order chi connectivity index (χ1) is 10.5. The molecule has 2 rings (SSSR count). The molecule has 2 fully saturated rings. The molecule has 0 bridgehead atoms. The van der Waals surface area contributed by atoms with Crippen LogP contribution in [0.2, 0.25) is 0 Å². The molecule has 0 unspecified atom stereocenters. The Morgan fingerprint density at radius 1 is 0.238 bits per heavy atom. The minimum atomic E-state index is 1.09. The quantitative estimate of drug-likeness (QED) is 0.465. The van der Waals surface area contributed by atoms with Crippen LogP contribution in [0.15, 0.2) is 0 Å². The first-order valence-electron chi connectivity index (χ1n) is 10.5. The van der Waals surface area contributed by atoms with E-state index in [0.29, 0.717) is 0 Å². The molecule has 0 radical (unpaired) electrons. The van der Waals surface area contributed by atoms with Crippen molar-refractivity contribution >= 4 is 0 Å². The lowest BCUT2D eigenvalue weighted by atomic mass is 9.77. The van der Waals surface area contributed by atoms with Gasteiger partial charge in [0.1, 0.15) is 0 Å². The zero-order valence-corrected chi connectivity index (χ0v) is 14.6. The van der Waals surface area contributed by atoms with Crippen LogP contribution in [0.4, 0.5) is 0 Å². The minimum Gasteiger partial charge on any atom is -0.0533 e. The molecule has 2 saturated carbocycles. The summed E-state index contributed by atoms with van der Waals surface area (Å²) in [5.74, 6) is 2.17. The van der Waals surface area contributed by atoms with E-state index < -0.39 is 0 Å². The van der Waals surface area contributed by atoms with Gasteiger partial charge in [0.2, 0.25) is 0 Å². The van der Waals surface area contributed by atoms with Crippen LogP contribution in [0.1, 0.15) is 122 Å². The Morgan fingerprint density at radius 3 is 0.667 bits per heavy atom. The molecule has 0 aromatic carbocycles. The predicted octanol–water partition coefficient (Wildman–Crippen LogP) is 7.66. The smallest absolute Gasteiger partial charge is 0.0386 e. The highest BCUT2D eigenvalue weighted by Crippen LogP contribution is 2.34. The maximum Gasteiger partial charge on any atom is -0.0386 e. The summed E-state index contributed by atoms with van der Waals surface area (Å²) in [5.41, 5.74) is 0. The van der Waals surface area contributed by atoms with Crippen molar-refractivity contribution < 1.29 is 0 Å².